The first-order valence-corrected chi connectivity index (χ1v) is 6.04. The zero-order valence-electron chi connectivity index (χ0n) is 6.44. The summed E-state index contributed by atoms with van der Waals surface area (Å²) >= 11 is 5.67. The van der Waals surface area contributed by atoms with E-state index in [-0.39, 0.29) is 21.0 Å². The second-order valence-electron chi connectivity index (χ2n) is 2.43. The minimum absolute atomic E-state index is 0.0109. The molecule has 0 saturated carbocycles. The van der Waals surface area contributed by atoms with Gasteiger partial charge in [-0.25, -0.2) is 8.42 Å². The van der Waals surface area contributed by atoms with Crippen LogP contribution < -0.4 is 0 Å². The molecule has 2 rings (SSSR count). The first kappa shape index (κ1) is 9.70. The largest absolute Gasteiger partial charge is 0.337 e. The van der Waals surface area contributed by atoms with Crippen LogP contribution in [-0.4, -0.2) is 18.8 Å². The van der Waals surface area contributed by atoms with Crippen LogP contribution in [0, 0.1) is 0 Å². The summed E-state index contributed by atoms with van der Waals surface area (Å²) in [5, 5.41) is 6.68. The first-order valence-electron chi connectivity index (χ1n) is 3.35. The number of hydrogen-bond acceptors (Lipinski definition) is 5. The van der Waals surface area contributed by atoms with Crippen molar-refractivity contribution < 1.29 is 12.9 Å². The molecule has 0 unspecified atom stereocenters. The standard InChI is InChI=1S/C6H2Cl2N2O3S/c7-3-1-2-4-5(9-10-13-4)6(3)14(8,11)12/h1-2H. The van der Waals surface area contributed by atoms with E-state index in [9.17, 15) is 8.42 Å². The molecule has 0 N–H and O–H groups in total. The number of rotatable bonds is 1. The summed E-state index contributed by atoms with van der Waals surface area (Å²) in [7, 11) is 1.23. The van der Waals surface area contributed by atoms with Gasteiger partial charge in [-0.3, -0.25) is 0 Å². The zero-order chi connectivity index (χ0) is 10.3. The van der Waals surface area contributed by atoms with Crippen LogP contribution in [0.25, 0.3) is 11.1 Å². The van der Waals surface area contributed by atoms with Gasteiger partial charge in [-0.05, 0) is 12.1 Å². The van der Waals surface area contributed by atoms with Crippen molar-refractivity contribution in [1.29, 1.82) is 0 Å². The van der Waals surface area contributed by atoms with E-state index in [1.54, 1.807) is 0 Å². The Morgan fingerprint density at radius 1 is 1.36 bits per heavy atom. The molecule has 1 aromatic carbocycles. The molecule has 0 radical (unpaired) electrons. The molecule has 0 atom stereocenters. The third kappa shape index (κ3) is 1.45. The number of halogens is 2. The van der Waals surface area contributed by atoms with Gasteiger partial charge in [-0.15, -0.1) is 5.10 Å². The summed E-state index contributed by atoms with van der Waals surface area (Å²) in [5.74, 6) is 0. The summed E-state index contributed by atoms with van der Waals surface area (Å²) in [6, 6.07) is 2.81. The number of hydrogen-bond donors (Lipinski definition) is 0. The SMILES string of the molecule is O=S(=O)(Cl)c1c(Cl)ccc2onnc12. The van der Waals surface area contributed by atoms with Gasteiger partial charge in [0, 0.05) is 16.0 Å². The van der Waals surface area contributed by atoms with Gasteiger partial charge in [-0.1, -0.05) is 11.6 Å². The molecule has 8 heteroatoms. The molecule has 1 aromatic heterocycles. The van der Waals surface area contributed by atoms with E-state index in [0.717, 1.165) is 0 Å². The van der Waals surface area contributed by atoms with Crippen molar-refractivity contribution in [1.82, 2.24) is 10.4 Å². The fourth-order valence-electron chi connectivity index (χ4n) is 1.03. The van der Waals surface area contributed by atoms with E-state index in [4.69, 9.17) is 22.3 Å². The molecule has 5 nitrogen and oxygen atoms in total. The predicted octanol–water partition coefficient (Wildman–Crippen LogP) is 1.80. The molecule has 14 heavy (non-hydrogen) atoms. The van der Waals surface area contributed by atoms with Crippen LogP contribution >= 0.6 is 22.3 Å². The lowest BCUT2D eigenvalue weighted by Gasteiger charge is -1.97. The van der Waals surface area contributed by atoms with Crippen LogP contribution in [0.1, 0.15) is 0 Å². The van der Waals surface area contributed by atoms with Gasteiger partial charge in [0.1, 0.15) is 4.90 Å². The van der Waals surface area contributed by atoms with Gasteiger partial charge in [-0.2, -0.15) is 0 Å². The van der Waals surface area contributed by atoms with Crippen LogP contribution in [0.5, 0.6) is 0 Å². The normalized spacial score (nSPS) is 12.1. The van der Waals surface area contributed by atoms with E-state index in [0.29, 0.717) is 0 Å². The van der Waals surface area contributed by atoms with Gasteiger partial charge >= 0.3 is 0 Å². The Balaban J connectivity index is 2.98. The molecule has 0 fully saturated rings. The number of fused-ring (bicyclic) bond motifs is 1. The van der Waals surface area contributed by atoms with Gasteiger partial charge < -0.3 is 4.52 Å². The summed E-state index contributed by atoms with van der Waals surface area (Å²) < 4.78 is 26.9. The lowest BCUT2D eigenvalue weighted by atomic mass is 10.3. The highest BCUT2D eigenvalue weighted by Crippen LogP contribution is 2.30. The Labute approximate surface area is 88.0 Å². The monoisotopic (exact) mass is 252 g/mol. The van der Waals surface area contributed by atoms with Crippen LogP contribution in [0.15, 0.2) is 21.6 Å². The average Bonchev–Trinajstić information content (AvgIpc) is 2.48. The van der Waals surface area contributed by atoms with Crippen molar-refractivity contribution >= 4 is 42.4 Å². The molecular weight excluding hydrogens is 251 g/mol. The van der Waals surface area contributed by atoms with E-state index < -0.39 is 9.05 Å². The van der Waals surface area contributed by atoms with E-state index >= 15 is 0 Å². The fraction of sp³-hybridized carbons (Fsp3) is 0. The topological polar surface area (TPSA) is 73.1 Å². The quantitative estimate of drug-likeness (QED) is 0.724. The van der Waals surface area contributed by atoms with Crippen molar-refractivity contribution in [2.45, 2.75) is 4.90 Å². The molecule has 0 spiro atoms. The first-order chi connectivity index (χ1) is 6.50. The van der Waals surface area contributed by atoms with Crippen LogP contribution in [-0.2, 0) is 9.05 Å². The van der Waals surface area contributed by atoms with Crippen LogP contribution in [0.3, 0.4) is 0 Å². The molecule has 0 amide bonds. The maximum Gasteiger partial charge on any atom is 0.265 e. The second-order valence-corrected chi connectivity index (χ2v) is 5.34. The van der Waals surface area contributed by atoms with Crippen molar-refractivity contribution in [3.8, 4) is 0 Å². The summed E-state index contributed by atoms with van der Waals surface area (Å²) in [6.07, 6.45) is 0. The van der Waals surface area contributed by atoms with E-state index in [1.807, 2.05) is 0 Å². The maximum atomic E-state index is 11.1. The average molecular weight is 253 g/mol. The van der Waals surface area contributed by atoms with Crippen LogP contribution in [0.4, 0.5) is 0 Å². The minimum atomic E-state index is -3.95. The molecule has 0 saturated heterocycles. The predicted molar refractivity (Wildman–Crippen MR) is 49.9 cm³/mol. The minimum Gasteiger partial charge on any atom is -0.337 e. The summed E-state index contributed by atoms with van der Waals surface area (Å²) in [4.78, 5) is -0.278. The number of benzene rings is 1. The van der Waals surface area contributed by atoms with Crippen LogP contribution in [0.2, 0.25) is 5.02 Å². The van der Waals surface area contributed by atoms with E-state index in [1.165, 1.54) is 12.1 Å². The summed E-state index contributed by atoms with van der Waals surface area (Å²) in [6.45, 7) is 0. The Hall–Kier alpha value is -0.850. The molecule has 0 aliphatic heterocycles. The lowest BCUT2D eigenvalue weighted by Crippen LogP contribution is -1.93. The van der Waals surface area contributed by atoms with Crippen molar-refractivity contribution in [3.63, 3.8) is 0 Å². The highest BCUT2D eigenvalue weighted by Gasteiger charge is 2.21. The van der Waals surface area contributed by atoms with Gasteiger partial charge in [0.2, 0.25) is 0 Å². The van der Waals surface area contributed by atoms with Crippen molar-refractivity contribution in [2.75, 3.05) is 0 Å². The van der Waals surface area contributed by atoms with Crippen molar-refractivity contribution in [2.24, 2.45) is 0 Å². The lowest BCUT2D eigenvalue weighted by molar-refractivity contribution is 0.424. The third-order valence-electron chi connectivity index (χ3n) is 1.57. The fourth-order valence-corrected chi connectivity index (χ4v) is 2.75. The molecule has 0 bridgehead atoms. The summed E-state index contributed by atoms with van der Waals surface area (Å²) in [5.41, 5.74) is 0.251. The Kier molecular flexibility index (Phi) is 2.13. The molecule has 1 heterocycles. The van der Waals surface area contributed by atoms with E-state index in [2.05, 4.69) is 14.9 Å². The molecular formula is C6H2Cl2N2O3S. The second kappa shape index (κ2) is 3.08. The molecule has 2 aromatic rings. The number of aromatic nitrogens is 2. The van der Waals surface area contributed by atoms with Gasteiger partial charge in [0.25, 0.3) is 9.05 Å². The van der Waals surface area contributed by atoms with Gasteiger partial charge in [0.15, 0.2) is 11.1 Å². The molecule has 74 valence electrons. The smallest absolute Gasteiger partial charge is 0.265 e. The highest BCUT2D eigenvalue weighted by atomic mass is 35.7. The maximum absolute atomic E-state index is 11.1. The number of nitrogens with zero attached hydrogens (tertiary/aromatic N) is 2. The third-order valence-corrected chi connectivity index (χ3v) is 3.36. The Morgan fingerprint density at radius 3 is 2.71 bits per heavy atom. The van der Waals surface area contributed by atoms with Crippen molar-refractivity contribution in [3.05, 3.63) is 17.2 Å². The zero-order valence-corrected chi connectivity index (χ0v) is 8.77. The molecule has 0 aliphatic rings. The molecule has 0 aliphatic carbocycles. The Bertz CT molecular complexity index is 592. The van der Waals surface area contributed by atoms with Gasteiger partial charge in [0.05, 0.1) is 5.02 Å². The highest BCUT2D eigenvalue weighted by molar-refractivity contribution is 8.14. The Morgan fingerprint density at radius 2 is 2.07 bits per heavy atom.